The largest absolute Gasteiger partial charge is 0.493 e. The van der Waals surface area contributed by atoms with Crippen LogP contribution in [0, 0.1) is 0 Å². The molecular weight excluding hydrogens is 224 g/mol. The van der Waals surface area contributed by atoms with Gasteiger partial charge in [-0.15, -0.1) is 0 Å². The van der Waals surface area contributed by atoms with E-state index in [9.17, 15) is 9.59 Å². The van der Waals surface area contributed by atoms with Crippen molar-refractivity contribution in [3.63, 3.8) is 0 Å². The summed E-state index contributed by atoms with van der Waals surface area (Å²) in [5.41, 5.74) is 0.452. The number of rotatable bonds is 5. The maximum atomic E-state index is 11.1. The molecular formula is C12H14O5. The third-order valence-electron chi connectivity index (χ3n) is 2.08. The molecule has 0 aliphatic carbocycles. The first-order valence-electron chi connectivity index (χ1n) is 5.05. The van der Waals surface area contributed by atoms with E-state index in [1.165, 1.54) is 14.2 Å². The minimum Gasteiger partial charge on any atom is -0.493 e. The van der Waals surface area contributed by atoms with E-state index in [0.29, 0.717) is 11.3 Å². The number of esters is 2. The first-order valence-corrected chi connectivity index (χ1v) is 5.05. The van der Waals surface area contributed by atoms with Crippen molar-refractivity contribution in [3.8, 4) is 5.75 Å². The summed E-state index contributed by atoms with van der Waals surface area (Å²) >= 11 is 0. The smallest absolute Gasteiger partial charge is 0.337 e. The van der Waals surface area contributed by atoms with Gasteiger partial charge in [-0.25, -0.2) is 4.79 Å². The molecule has 1 aromatic rings. The third-order valence-corrected chi connectivity index (χ3v) is 2.08. The average molecular weight is 238 g/mol. The summed E-state index contributed by atoms with van der Waals surface area (Å²) in [6.45, 7) is 0.240. The first kappa shape index (κ1) is 13.0. The van der Waals surface area contributed by atoms with Gasteiger partial charge in [0, 0.05) is 0 Å². The van der Waals surface area contributed by atoms with Crippen LogP contribution < -0.4 is 4.74 Å². The Bertz CT molecular complexity index is 382. The lowest BCUT2D eigenvalue weighted by Gasteiger charge is -2.05. The lowest BCUT2D eigenvalue weighted by atomic mass is 10.2. The lowest BCUT2D eigenvalue weighted by molar-refractivity contribution is -0.141. The molecule has 1 aromatic carbocycles. The van der Waals surface area contributed by atoms with Gasteiger partial charge in [0.25, 0.3) is 0 Å². The molecule has 1 rings (SSSR count). The molecule has 0 unspecified atom stereocenters. The van der Waals surface area contributed by atoms with E-state index >= 15 is 0 Å². The molecule has 0 N–H and O–H groups in total. The molecule has 0 saturated heterocycles. The van der Waals surface area contributed by atoms with E-state index < -0.39 is 5.97 Å². The highest BCUT2D eigenvalue weighted by Crippen LogP contribution is 2.13. The first-order chi connectivity index (χ1) is 8.17. The predicted octanol–water partition coefficient (Wildman–Crippen LogP) is 1.42. The zero-order valence-electron chi connectivity index (χ0n) is 9.76. The SMILES string of the molecule is COC(=O)CCOc1ccc(C(=O)OC)cc1. The van der Waals surface area contributed by atoms with E-state index in [2.05, 4.69) is 9.47 Å². The Kier molecular flexibility index (Phi) is 5.00. The van der Waals surface area contributed by atoms with Gasteiger partial charge in [0.15, 0.2) is 0 Å². The van der Waals surface area contributed by atoms with Crippen molar-refractivity contribution in [2.24, 2.45) is 0 Å². The molecule has 0 spiro atoms. The number of methoxy groups -OCH3 is 2. The average Bonchev–Trinajstić information content (AvgIpc) is 2.38. The van der Waals surface area contributed by atoms with Gasteiger partial charge in [-0.05, 0) is 24.3 Å². The van der Waals surface area contributed by atoms with Crippen LogP contribution in [0.25, 0.3) is 0 Å². The van der Waals surface area contributed by atoms with Crippen molar-refractivity contribution < 1.29 is 23.8 Å². The normalized spacial score (nSPS) is 9.53. The molecule has 0 fully saturated rings. The van der Waals surface area contributed by atoms with Crippen molar-refractivity contribution in [2.75, 3.05) is 20.8 Å². The van der Waals surface area contributed by atoms with Crippen LogP contribution in [0.2, 0.25) is 0 Å². The van der Waals surface area contributed by atoms with E-state index in [4.69, 9.17) is 4.74 Å². The molecule has 92 valence electrons. The van der Waals surface area contributed by atoms with Crippen LogP contribution in [0.5, 0.6) is 5.75 Å². The Hall–Kier alpha value is -2.04. The van der Waals surface area contributed by atoms with Crippen molar-refractivity contribution in [1.29, 1.82) is 0 Å². The Morgan fingerprint density at radius 3 is 2.24 bits per heavy atom. The Morgan fingerprint density at radius 2 is 1.71 bits per heavy atom. The van der Waals surface area contributed by atoms with Crippen molar-refractivity contribution >= 4 is 11.9 Å². The van der Waals surface area contributed by atoms with Crippen LogP contribution >= 0.6 is 0 Å². The number of hydrogen-bond acceptors (Lipinski definition) is 5. The predicted molar refractivity (Wildman–Crippen MR) is 59.9 cm³/mol. The number of benzene rings is 1. The number of carbonyl (C=O) groups excluding carboxylic acids is 2. The minimum atomic E-state index is -0.397. The molecule has 0 aromatic heterocycles. The fourth-order valence-electron chi connectivity index (χ4n) is 1.16. The monoisotopic (exact) mass is 238 g/mol. The fraction of sp³-hybridized carbons (Fsp3) is 0.333. The van der Waals surface area contributed by atoms with Gasteiger partial charge in [0.2, 0.25) is 0 Å². The highest BCUT2D eigenvalue weighted by molar-refractivity contribution is 5.89. The Balaban J connectivity index is 2.46. The summed E-state index contributed by atoms with van der Waals surface area (Å²) < 4.78 is 14.3. The molecule has 5 heteroatoms. The van der Waals surface area contributed by atoms with Gasteiger partial charge in [-0.1, -0.05) is 0 Å². The molecule has 0 amide bonds. The summed E-state index contributed by atoms with van der Waals surface area (Å²) in [4.78, 5) is 22.0. The molecule has 0 atom stereocenters. The molecule has 17 heavy (non-hydrogen) atoms. The Morgan fingerprint density at radius 1 is 1.06 bits per heavy atom. The highest BCUT2D eigenvalue weighted by Gasteiger charge is 2.05. The summed E-state index contributed by atoms with van der Waals surface area (Å²) in [7, 11) is 2.65. The van der Waals surface area contributed by atoms with Crippen LogP contribution in [-0.4, -0.2) is 32.8 Å². The molecule has 0 aliphatic rings. The molecule has 0 saturated carbocycles. The van der Waals surface area contributed by atoms with Crippen LogP contribution in [0.15, 0.2) is 24.3 Å². The van der Waals surface area contributed by atoms with E-state index in [0.717, 1.165) is 0 Å². The zero-order chi connectivity index (χ0) is 12.7. The summed E-state index contributed by atoms with van der Waals surface area (Å²) in [6, 6.07) is 6.48. The summed E-state index contributed by atoms with van der Waals surface area (Å²) in [5, 5.41) is 0. The van der Waals surface area contributed by atoms with Gasteiger partial charge in [0.1, 0.15) is 5.75 Å². The molecule has 0 bridgehead atoms. The summed E-state index contributed by atoms with van der Waals surface area (Å²) in [6.07, 6.45) is 0.190. The van der Waals surface area contributed by atoms with Gasteiger partial charge in [-0.3, -0.25) is 4.79 Å². The summed E-state index contributed by atoms with van der Waals surface area (Å²) in [5.74, 6) is -0.135. The van der Waals surface area contributed by atoms with Gasteiger partial charge in [0.05, 0.1) is 32.8 Å². The molecule has 0 radical (unpaired) electrons. The second-order valence-corrected chi connectivity index (χ2v) is 3.19. The van der Waals surface area contributed by atoms with E-state index in [1.807, 2.05) is 0 Å². The number of ether oxygens (including phenoxy) is 3. The number of carbonyl (C=O) groups is 2. The minimum absolute atomic E-state index is 0.190. The maximum absolute atomic E-state index is 11.1. The Labute approximate surface area is 99.3 Å². The van der Waals surface area contributed by atoms with E-state index in [-0.39, 0.29) is 19.0 Å². The van der Waals surface area contributed by atoms with Crippen molar-refractivity contribution in [1.82, 2.24) is 0 Å². The standard InChI is InChI=1S/C12H14O5/c1-15-11(13)7-8-17-10-5-3-9(4-6-10)12(14)16-2/h3-6H,7-8H2,1-2H3. The van der Waals surface area contributed by atoms with Crippen LogP contribution in [0.1, 0.15) is 16.8 Å². The molecule has 5 nitrogen and oxygen atoms in total. The van der Waals surface area contributed by atoms with Gasteiger partial charge < -0.3 is 14.2 Å². The van der Waals surface area contributed by atoms with Crippen LogP contribution in [0.3, 0.4) is 0 Å². The lowest BCUT2D eigenvalue weighted by Crippen LogP contribution is -2.07. The topological polar surface area (TPSA) is 61.8 Å². The zero-order valence-corrected chi connectivity index (χ0v) is 9.76. The van der Waals surface area contributed by atoms with Crippen molar-refractivity contribution in [2.45, 2.75) is 6.42 Å². The third kappa shape index (κ3) is 4.14. The maximum Gasteiger partial charge on any atom is 0.337 e. The molecule has 0 heterocycles. The quantitative estimate of drug-likeness (QED) is 0.726. The second kappa shape index (κ2) is 6.52. The van der Waals surface area contributed by atoms with Gasteiger partial charge >= 0.3 is 11.9 Å². The fourth-order valence-corrected chi connectivity index (χ4v) is 1.16. The second-order valence-electron chi connectivity index (χ2n) is 3.19. The molecule has 0 aliphatic heterocycles. The number of hydrogen-bond donors (Lipinski definition) is 0. The van der Waals surface area contributed by atoms with Crippen LogP contribution in [-0.2, 0) is 14.3 Å². The highest BCUT2D eigenvalue weighted by atomic mass is 16.5. The van der Waals surface area contributed by atoms with Crippen molar-refractivity contribution in [3.05, 3.63) is 29.8 Å². The van der Waals surface area contributed by atoms with Crippen LogP contribution in [0.4, 0.5) is 0 Å². The van der Waals surface area contributed by atoms with E-state index in [1.54, 1.807) is 24.3 Å². The van der Waals surface area contributed by atoms with Gasteiger partial charge in [-0.2, -0.15) is 0 Å².